The van der Waals surface area contributed by atoms with E-state index >= 15 is 0 Å². The Bertz CT molecular complexity index is 1460. The second kappa shape index (κ2) is 14.2. The fourth-order valence-corrected chi connectivity index (χ4v) is 7.51. The number of hydrogen-bond donors (Lipinski definition) is 3. The highest BCUT2D eigenvalue weighted by molar-refractivity contribution is 6.37. The molecule has 5 rings (SSSR count). The van der Waals surface area contributed by atoms with Crippen molar-refractivity contribution in [3.8, 4) is 0 Å². The molecule has 0 bridgehead atoms. The van der Waals surface area contributed by atoms with Gasteiger partial charge in [0.1, 0.15) is 12.1 Å². The predicted molar refractivity (Wildman–Crippen MR) is 179 cm³/mol. The first-order valence-corrected chi connectivity index (χ1v) is 17.3. The molecular weight excluding hydrogens is 638 g/mol. The molecule has 6 atom stereocenters. The number of amides is 4. The fraction of sp³-hybridized carbons (Fsp3) is 0.657. The van der Waals surface area contributed by atoms with Gasteiger partial charge in [0.15, 0.2) is 5.60 Å². The van der Waals surface area contributed by atoms with Crippen molar-refractivity contribution in [2.75, 3.05) is 6.54 Å². The molecule has 13 heteroatoms. The molecule has 1 aliphatic carbocycles. The van der Waals surface area contributed by atoms with Crippen LogP contribution in [0.4, 0.5) is 0 Å². The third-order valence-electron chi connectivity index (χ3n) is 9.81. The van der Waals surface area contributed by atoms with Gasteiger partial charge in [-0.25, -0.2) is 0 Å². The van der Waals surface area contributed by atoms with Crippen LogP contribution in [0.25, 0.3) is 0 Å². The molecule has 0 aromatic heterocycles. The lowest BCUT2D eigenvalue weighted by molar-refractivity contribution is -0.145. The van der Waals surface area contributed by atoms with E-state index in [9.17, 15) is 24.0 Å². The van der Waals surface area contributed by atoms with Crippen LogP contribution < -0.4 is 16.4 Å². The van der Waals surface area contributed by atoms with Gasteiger partial charge in [-0.1, -0.05) is 62.5 Å². The number of rotatable bonds is 11. The maximum Gasteiger partial charge on any atom is 0.287 e. The Kier molecular flexibility index (Phi) is 10.6. The molecule has 262 valence electrons. The SMILES string of the molecule is C[C@@H]1CC(CC(=O)N[C@H](C(=O)N2C[C@@]3(CC(c4cccc(Cl)c4)=NO3)C[C@H]2C(=O)N[C@@H](CC2CC2)C(=O)C(N)=O)C(C)(C)C)C[C@@H](C)O1. The minimum absolute atomic E-state index is 0.0198. The van der Waals surface area contributed by atoms with Crippen LogP contribution in [0.15, 0.2) is 29.4 Å². The topological polar surface area (TPSA) is 169 Å². The number of carbonyl (C=O) groups excluding carboxylic acids is 5. The van der Waals surface area contributed by atoms with E-state index in [-0.39, 0.29) is 49.3 Å². The molecule has 4 N–H and O–H groups in total. The number of carbonyl (C=O) groups is 5. The zero-order chi connectivity index (χ0) is 35.0. The van der Waals surface area contributed by atoms with Gasteiger partial charge in [-0.2, -0.15) is 0 Å². The Balaban J connectivity index is 1.39. The number of benzene rings is 1. The van der Waals surface area contributed by atoms with Crippen LogP contribution in [0.3, 0.4) is 0 Å². The number of nitrogens with zero attached hydrogens (tertiary/aromatic N) is 2. The van der Waals surface area contributed by atoms with E-state index in [4.69, 9.17) is 26.9 Å². The van der Waals surface area contributed by atoms with E-state index in [1.165, 1.54) is 4.90 Å². The largest absolute Gasteiger partial charge is 0.387 e. The number of nitrogens with one attached hydrogen (secondary N) is 2. The first kappa shape index (κ1) is 35.8. The average Bonchev–Trinajstić information content (AvgIpc) is 3.59. The second-order valence-corrected chi connectivity index (χ2v) is 15.8. The summed E-state index contributed by atoms with van der Waals surface area (Å²) < 4.78 is 5.84. The van der Waals surface area contributed by atoms with Crippen LogP contribution >= 0.6 is 11.6 Å². The zero-order valence-corrected chi connectivity index (χ0v) is 29.2. The molecule has 1 aromatic carbocycles. The van der Waals surface area contributed by atoms with Gasteiger partial charge in [0.05, 0.1) is 30.5 Å². The van der Waals surface area contributed by atoms with Crippen molar-refractivity contribution in [3.05, 3.63) is 34.9 Å². The number of nitrogens with two attached hydrogens (primary N) is 1. The smallest absolute Gasteiger partial charge is 0.287 e. The van der Waals surface area contributed by atoms with Gasteiger partial charge in [-0.15, -0.1) is 0 Å². The van der Waals surface area contributed by atoms with E-state index in [1.807, 2.05) is 40.7 Å². The lowest BCUT2D eigenvalue weighted by atomic mass is 9.84. The lowest BCUT2D eigenvalue weighted by Crippen LogP contribution is -2.59. The summed E-state index contributed by atoms with van der Waals surface area (Å²) in [7, 11) is 0. The third kappa shape index (κ3) is 8.55. The van der Waals surface area contributed by atoms with Gasteiger partial charge in [0, 0.05) is 29.8 Å². The molecule has 1 saturated carbocycles. The number of likely N-dealkylation sites (tertiary alicyclic amines) is 1. The van der Waals surface area contributed by atoms with Crippen molar-refractivity contribution >= 4 is 46.7 Å². The van der Waals surface area contributed by atoms with Crippen LogP contribution in [0.5, 0.6) is 0 Å². The maximum absolute atomic E-state index is 14.6. The van der Waals surface area contributed by atoms with Crippen LogP contribution in [0.2, 0.25) is 5.02 Å². The Labute approximate surface area is 286 Å². The average molecular weight is 686 g/mol. The quantitative estimate of drug-likeness (QED) is 0.300. The molecule has 1 aromatic rings. The molecule has 12 nitrogen and oxygen atoms in total. The van der Waals surface area contributed by atoms with Crippen molar-refractivity contribution in [2.24, 2.45) is 28.1 Å². The maximum atomic E-state index is 14.6. The highest BCUT2D eigenvalue weighted by atomic mass is 35.5. The summed E-state index contributed by atoms with van der Waals surface area (Å²) in [5.41, 5.74) is 4.98. The van der Waals surface area contributed by atoms with Gasteiger partial charge < -0.3 is 30.8 Å². The van der Waals surface area contributed by atoms with E-state index < -0.39 is 52.6 Å². The van der Waals surface area contributed by atoms with Crippen molar-refractivity contribution in [1.82, 2.24) is 15.5 Å². The molecule has 3 fully saturated rings. The molecule has 2 saturated heterocycles. The molecular formula is C35H48ClN5O7. The van der Waals surface area contributed by atoms with Gasteiger partial charge in [0.2, 0.25) is 23.5 Å². The van der Waals surface area contributed by atoms with Crippen LogP contribution in [-0.4, -0.2) is 82.5 Å². The minimum atomic E-state index is -1.13. The van der Waals surface area contributed by atoms with Gasteiger partial charge in [-0.3, -0.25) is 24.0 Å². The molecule has 4 amide bonds. The number of ether oxygens (including phenoxy) is 1. The molecule has 3 aliphatic heterocycles. The van der Waals surface area contributed by atoms with E-state index in [2.05, 4.69) is 15.8 Å². The molecule has 0 unspecified atom stereocenters. The second-order valence-electron chi connectivity index (χ2n) is 15.3. The number of halogens is 1. The summed E-state index contributed by atoms with van der Waals surface area (Å²) >= 11 is 6.23. The molecule has 4 aliphatic rings. The Morgan fingerprint density at radius 2 is 1.77 bits per heavy atom. The Morgan fingerprint density at radius 1 is 1.08 bits per heavy atom. The normalized spacial score (nSPS) is 28.3. The summed E-state index contributed by atoms with van der Waals surface area (Å²) in [6, 6.07) is 4.07. The lowest BCUT2D eigenvalue weighted by Gasteiger charge is -2.36. The minimum Gasteiger partial charge on any atom is -0.387 e. The monoisotopic (exact) mass is 685 g/mol. The standard InChI is InChI=1S/C35H48ClN5O7/c1-19-11-22(12-20(2)47-19)14-28(42)39-30(34(3,4)5)33(46)41-18-35(16-26(40-48-35)23-7-6-8-24(36)15-23)17-27(41)32(45)38-25(13-21-9-10-21)29(43)31(37)44/h6-8,15,19-22,25,27,30H,9-14,16-18H2,1-5H3,(H2,37,44)(H,38,45)(H,39,42)/t19-,20-,25+,27+,30-,35-/m1/s1. The van der Waals surface area contributed by atoms with E-state index in [0.717, 1.165) is 31.2 Å². The first-order chi connectivity index (χ1) is 22.5. The number of oxime groups is 1. The van der Waals surface area contributed by atoms with E-state index in [0.29, 0.717) is 23.6 Å². The van der Waals surface area contributed by atoms with Gasteiger partial charge in [0.25, 0.3) is 5.91 Å². The number of Topliss-reactive ketones (excluding diaryl/α,β-unsaturated/α-hetero) is 1. The summed E-state index contributed by atoms with van der Waals surface area (Å²) in [6.07, 6.45) is 4.32. The number of hydrogen-bond acceptors (Lipinski definition) is 8. The molecule has 0 radical (unpaired) electrons. The summed E-state index contributed by atoms with van der Waals surface area (Å²) in [5, 5.41) is 10.6. The fourth-order valence-electron chi connectivity index (χ4n) is 7.32. The zero-order valence-electron chi connectivity index (χ0n) is 28.4. The van der Waals surface area contributed by atoms with Gasteiger partial charge in [-0.05, 0) is 62.5 Å². The highest BCUT2D eigenvalue weighted by Crippen LogP contribution is 2.41. The number of ketones is 1. The van der Waals surface area contributed by atoms with E-state index in [1.54, 1.807) is 18.2 Å². The first-order valence-electron chi connectivity index (χ1n) is 16.9. The Morgan fingerprint density at radius 3 is 2.38 bits per heavy atom. The molecule has 1 spiro atoms. The molecule has 3 heterocycles. The summed E-state index contributed by atoms with van der Waals surface area (Å²) in [6.45, 7) is 9.59. The molecule has 48 heavy (non-hydrogen) atoms. The highest BCUT2D eigenvalue weighted by Gasteiger charge is 2.56. The van der Waals surface area contributed by atoms with Crippen LogP contribution in [-0.2, 0) is 33.5 Å². The van der Waals surface area contributed by atoms with Crippen molar-refractivity contribution < 1.29 is 33.5 Å². The van der Waals surface area contributed by atoms with Gasteiger partial charge >= 0.3 is 0 Å². The third-order valence-corrected chi connectivity index (χ3v) is 10.0. The van der Waals surface area contributed by atoms with Crippen LogP contribution in [0, 0.1) is 17.3 Å². The Hall–Kier alpha value is -3.51. The van der Waals surface area contributed by atoms with Crippen LogP contribution in [0.1, 0.15) is 91.5 Å². The number of primary amides is 1. The predicted octanol–water partition coefficient (Wildman–Crippen LogP) is 3.27. The van der Waals surface area contributed by atoms with Crippen molar-refractivity contribution in [3.63, 3.8) is 0 Å². The summed E-state index contributed by atoms with van der Waals surface area (Å²) in [4.78, 5) is 74.1. The van der Waals surface area contributed by atoms with Crippen molar-refractivity contribution in [2.45, 2.75) is 122 Å². The summed E-state index contributed by atoms with van der Waals surface area (Å²) in [5.74, 6) is -2.95. The van der Waals surface area contributed by atoms with Crippen molar-refractivity contribution in [1.29, 1.82) is 0 Å².